The summed E-state index contributed by atoms with van der Waals surface area (Å²) in [6.45, 7) is 0. The lowest BCUT2D eigenvalue weighted by atomic mass is 10.3. The van der Waals surface area contributed by atoms with Crippen LogP contribution in [0.15, 0.2) is 41.1 Å². The van der Waals surface area contributed by atoms with Crippen LogP contribution in [-0.2, 0) is 0 Å². The Morgan fingerprint density at radius 2 is 2.06 bits per heavy atom. The standard InChI is InChI=1S/C11H9BrN4S/c12-7-2-1-3-8(6-7)16-11-9(10(13)17)14-4-5-15-11/h1-6H,(H2,13,17)(H,15,16). The molecular weight excluding hydrogens is 300 g/mol. The number of halogens is 1. The molecule has 2 rings (SSSR count). The van der Waals surface area contributed by atoms with Crippen LogP contribution in [0.1, 0.15) is 5.69 Å². The summed E-state index contributed by atoms with van der Waals surface area (Å²) < 4.78 is 0.975. The quantitative estimate of drug-likeness (QED) is 0.853. The Morgan fingerprint density at radius 1 is 1.29 bits per heavy atom. The van der Waals surface area contributed by atoms with Gasteiger partial charge in [0.15, 0.2) is 5.82 Å². The van der Waals surface area contributed by atoms with E-state index >= 15 is 0 Å². The van der Waals surface area contributed by atoms with Gasteiger partial charge < -0.3 is 11.1 Å². The van der Waals surface area contributed by atoms with Gasteiger partial charge in [0.2, 0.25) is 0 Å². The smallest absolute Gasteiger partial charge is 0.159 e. The molecule has 0 fully saturated rings. The first-order chi connectivity index (χ1) is 8.16. The van der Waals surface area contributed by atoms with Gasteiger partial charge in [-0.2, -0.15) is 0 Å². The van der Waals surface area contributed by atoms with Crippen molar-refractivity contribution in [3.63, 3.8) is 0 Å². The molecule has 0 atom stereocenters. The van der Waals surface area contributed by atoms with E-state index in [-0.39, 0.29) is 4.99 Å². The van der Waals surface area contributed by atoms with Crippen LogP contribution < -0.4 is 11.1 Å². The summed E-state index contributed by atoms with van der Waals surface area (Å²) in [5.74, 6) is 0.554. The van der Waals surface area contributed by atoms with Crippen LogP contribution in [0.2, 0.25) is 0 Å². The van der Waals surface area contributed by atoms with Gasteiger partial charge in [-0.1, -0.05) is 34.2 Å². The molecule has 0 bridgehead atoms. The lowest BCUT2D eigenvalue weighted by molar-refractivity contribution is 1.18. The molecule has 2 aromatic rings. The van der Waals surface area contributed by atoms with E-state index in [0.29, 0.717) is 11.5 Å². The minimum absolute atomic E-state index is 0.218. The first kappa shape index (κ1) is 11.9. The van der Waals surface area contributed by atoms with E-state index in [9.17, 15) is 0 Å². The summed E-state index contributed by atoms with van der Waals surface area (Å²) in [7, 11) is 0. The third-order valence-corrected chi connectivity index (χ3v) is 2.71. The van der Waals surface area contributed by atoms with Crippen molar-refractivity contribution in [3.05, 3.63) is 46.8 Å². The molecule has 4 nitrogen and oxygen atoms in total. The molecule has 17 heavy (non-hydrogen) atoms. The minimum atomic E-state index is 0.218. The monoisotopic (exact) mass is 308 g/mol. The van der Waals surface area contributed by atoms with Gasteiger partial charge in [-0.05, 0) is 18.2 Å². The van der Waals surface area contributed by atoms with Crippen molar-refractivity contribution in [2.75, 3.05) is 5.32 Å². The fraction of sp³-hybridized carbons (Fsp3) is 0. The van der Waals surface area contributed by atoms with E-state index in [2.05, 4.69) is 31.2 Å². The van der Waals surface area contributed by atoms with E-state index in [1.54, 1.807) is 12.4 Å². The fourth-order valence-corrected chi connectivity index (χ4v) is 1.86. The Morgan fingerprint density at radius 3 is 2.76 bits per heavy atom. The summed E-state index contributed by atoms with van der Waals surface area (Å²) in [5, 5.41) is 3.12. The molecule has 0 amide bonds. The van der Waals surface area contributed by atoms with Gasteiger partial charge in [-0.3, -0.25) is 0 Å². The largest absolute Gasteiger partial charge is 0.388 e. The highest BCUT2D eigenvalue weighted by Crippen LogP contribution is 2.20. The molecule has 0 aliphatic rings. The topological polar surface area (TPSA) is 63.8 Å². The Balaban J connectivity index is 2.33. The maximum atomic E-state index is 5.58. The lowest BCUT2D eigenvalue weighted by Gasteiger charge is -2.08. The summed E-state index contributed by atoms with van der Waals surface area (Å²) in [4.78, 5) is 8.48. The number of nitrogens with two attached hydrogens (primary N) is 1. The minimum Gasteiger partial charge on any atom is -0.388 e. The summed E-state index contributed by atoms with van der Waals surface area (Å²) in [6.07, 6.45) is 3.14. The molecule has 1 aromatic carbocycles. The van der Waals surface area contributed by atoms with Crippen molar-refractivity contribution in [1.82, 2.24) is 9.97 Å². The maximum Gasteiger partial charge on any atom is 0.159 e. The Bertz CT molecular complexity index is 559. The second-order valence-electron chi connectivity index (χ2n) is 3.25. The van der Waals surface area contributed by atoms with Gasteiger partial charge in [-0.25, -0.2) is 9.97 Å². The van der Waals surface area contributed by atoms with E-state index in [1.807, 2.05) is 24.3 Å². The lowest BCUT2D eigenvalue weighted by Crippen LogP contribution is -2.14. The number of benzene rings is 1. The first-order valence-corrected chi connectivity index (χ1v) is 6.00. The van der Waals surface area contributed by atoms with Crippen molar-refractivity contribution >= 4 is 44.6 Å². The number of nitrogens with zero attached hydrogens (tertiary/aromatic N) is 2. The van der Waals surface area contributed by atoms with E-state index in [0.717, 1.165) is 10.2 Å². The Labute approximate surface area is 112 Å². The molecule has 1 heterocycles. The zero-order chi connectivity index (χ0) is 12.3. The molecule has 3 N–H and O–H groups in total. The molecule has 0 aliphatic carbocycles. The van der Waals surface area contributed by atoms with Crippen LogP contribution in [-0.4, -0.2) is 15.0 Å². The third-order valence-electron chi connectivity index (χ3n) is 2.02. The zero-order valence-corrected chi connectivity index (χ0v) is 11.1. The Kier molecular flexibility index (Phi) is 3.65. The number of hydrogen-bond acceptors (Lipinski definition) is 4. The molecule has 0 saturated carbocycles. The van der Waals surface area contributed by atoms with Crippen LogP contribution >= 0.6 is 28.1 Å². The molecule has 86 valence electrons. The molecular formula is C11H9BrN4S. The molecule has 0 unspecified atom stereocenters. The normalized spacial score (nSPS) is 9.94. The van der Waals surface area contributed by atoms with Crippen LogP contribution in [0.5, 0.6) is 0 Å². The average Bonchev–Trinajstić information content (AvgIpc) is 2.29. The van der Waals surface area contributed by atoms with Crippen LogP contribution in [0.3, 0.4) is 0 Å². The fourth-order valence-electron chi connectivity index (χ4n) is 1.31. The van der Waals surface area contributed by atoms with Crippen LogP contribution in [0.25, 0.3) is 0 Å². The van der Waals surface area contributed by atoms with E-state index < -0.39 is 0 Å². The molecule has 0 spiro atoms. The molecule has 6 heteroatoms. The van der Waals surface area contributed by atoms with Crippen LogP contribution in [0.4, 0.5) is 11.5 Å². The maximum absolute atomic E-state index is 5.58. The van der Waals surface area contributed by atoms with Crippen molar-refractivity contribution in [1.29, 1.82) is 0 Å². The van der Waals surface area contributed by atoms with E-state index in [1.165, 1.54) is 0 Å². The van der Waals surface area contributed by atoms with Crippen LogP contribution in [0, 0.1) is 0 Å². The van der Waals surface area contributed by atoms with Gasteiger partial charge >= 0.3 is 0 Å². The van der Waals surface area contributed by atoms with Crippen molar-refractivity contribution in [3.8, 4) is 0 Å². The number of hydrogen-bond donors (Lipinski definition) is 2. The summed E-state index contributed by atoms with van der Waals surface area (Å²) in [6, 6.07) is 7.71. The summed E-state index contributed by atoms with van der Waals surface area (Å²) >= 11 is 8.31. The van der Waals surface area contributed by atoms with Gasteiger partial charge in [-0.15, -0.1) is 0 Å². The highest BCUT2D eigenvalue weighted by molar-refractivity contribution is 9.10. The highest BCUT2D eigenvalue weighted by atomic mass is 79.9. The molecule has 0 aliphatic heterocycles. The van der Waals surface area contributed by atoms with E-state index in [4.69, 9.17) is 18.0 Å². The third kappa shape index (κ3) is 2.98. The molecule has 1 aromatic heterocycles. The van der Waals surface area contributed by atoms with Gasteiger partial charge in [0, 0.05) is 22.6 Å². The number of rotatable bonds is 3. The predicted octanol–water partition coefficient (Wildman–Crippen LogP) is 2.62. The number of thiocarbonyl (C=S) groups is 1. The first-order valence-electron chi connectivity index (χ1n) is 4.80. The second-order valence-corrected chi connectivity index (χ2v) is 4.61. The van der Waals surface area contributed by atoms with Crippen molar-refractivity contribution in [2.24, 2.45) is 5.73 Å². The SMILES string of the molecule is NC(=S)c1nccnc1Nc1cccc(Br)c1. The van der Waals surface area contributed by atoms with Crippen molar-refractivity contribution in [2.45, 2.75) is 0 Å². The van der Waals surface area contributed by atoms with Crippen molar-refractivity contribution < 1.29 is 0 Å². The number of anilines is 2. The number of nitrogens with one attached hydrogen (secondary N) is 1. The highest BCUT2D eigenvalue weighted by Gasteiger charge is 2.07. The molecule has 0 radical (unpaired) electrons. The average molecular weight is 309 g/mol. The predicted molar refractivity (Wildman–Crippen MR) is 75.3 cm³/mol. The summed E-state index contributed by atoms with van der Waals surface area (Å²) in [5.41, 5.74) is 6.95. The molecule has 0 saturated heterocycles. The number of aromatic nitrogens is 2. The zero-order valence-electron chi connectivity index (χ0n) is 8.72. The Hall–Kier alpha value is -1.53. The van der Waals surface area contributed by atoms with Gasteiger partial charge in [0.1, 0.15) is 10.7 Å². The van der Waals surface area contributed by atoms with Gasteiger partial charge in [0.25, 0.3) is 0 Å². The van der Waals surface area contributed by atoms with Gasteiger partial charge in [0.05, 0.1) is 0 Å². The second kappa shape index (κ2) is 5.20.